The van der Waals surface area contributed by atoms with Crippen molar-refractivity contribution in [1.29, 1.82) is 0 Å². The molecule has 0 aromatic carbocycles. The molecule has 0 aliphatic rings. The van der Waals surface area contributed by atoms with Gasteiger partial charge >= 0.3 is 5.97 Å². The van der Waals surface area contributed by atoms with E-state index in [2.05, 4.69) is 10.8 Å². The van der Waals surface area contributed by atoms with Crippen LogP contribution in [0.25, 0.3) is 0 Å². The normalized spacial score (nSPS) is 14.9. The predicted octanol–water partition coefficient (Wildman–Crippen LogP) is 0.580. The van der Waals surface area contributed by atoms with Gasteiger partial charge in [0, 0.05) is 11.1 Å². The summed E-state index contributed by atoms with van der Waals surface area (Å²) in [6, 6.07) is 0. The Bertz CT molecular complexity index is 400. The van der Waals surface area contributed by atoms with Crippen LogP contribution in [0.5, 0.6) is 0 Å². The Kier molecular flexibility index (Phi) is 6.51. The van der Waals surface area contributed by atoms with E-state index in [1.54, 1.807) is 13.8 Å². The first-order valence-electron chi connectivity index (χ1n) is 5.49. The number of carbonyl (C=O) groups excluding carboxylic acids is 1. The average Bonchev–Trinajstić information content (AvgIpc) is 2.26. The van der Waals surface area contributed by atoms with E-state index in [0.29, 0.717) is 12.0 Å². The predicted molar refractivity (Wildman–Crippen MR) is 68.4 cm³/mol. The molecule has 106 valence electrons. The standard InChI is InChI=1S/C11H21NO5S/c1-9(2)10(13)17-7-5-11(3,12)6-8-18(14,15)16-4/h1,5-8,12H2,2-4H3. The molecule has 0 heterocycles. The lowest BCUT2D eigenvalue weighted by atomic mass is 9.97. The number of hydrogen-bond acceptors (Lipinski definition) is 6. The van der Waals surface area contributed by atoms with Crippen molar-refractivity contribution in [2.24, 2.45) is 5.73 Å². The second-order valence-corrected chi connectivity index (χ2v) is 6.36. The fourth-order valence-corrected chi connectivity index (χ4v) is 1.95. The number of carbonyl (C=O) groups is 1. The maximum absolute atomic E-state index is 11.1. The smallest absolute Gasteiger partial charge is 0.333 e. The van der Waals surface area contributed by atoms with Gasteiger partial charge in [0.1, 0.15) is 0 Å². The van der Waals surface area contributed by atoms with E-state index < -0.39 is 21.6 Å². The summed E-state index contributed by atoms with van der Waals surface area (Å²) in [6.45, 7) is 6.83. The van der Waals surface area contributed by atoms with Gasteiger partial charge in [-0.25, -0.2) is 4.79 Å². The lowest BCUT2D eigenvalue weighted by Crippen LogP contribution is -2.39. The van der Waals surface area contributed by atoms with Crippen LogP contribution in [0.1, 0.15) is 26.7 Å². The van der Waals surface area contributed by atoms with Crippen LogP contribution in [0.4, 0.5) is 0 Å². The first kappa shape index (κ1) is 17.1. The molecule has 1 atom stereocenters. The third kappa shape index (κ3) is 7.41. The molecule has 0 aromatic heterocycles. The summed E-state index contributed by atoms with van der Waals surface area (Å²) in [6.07, 6.45) is 0.596. The molecule has 1 unspecified atom stereocenters. The molecule has 0 rings (SSSR count). The Morgan fingerprint density at radius 3 is 2.39 bits per heavy atom. The van der Waals surface area contributed by atoms with Crippen LogP contribution >= 0.6 is 0 Å². The lowest BCUT2D eigenvalue weighted by Gasteiger charge is -2.23. The third-order valence-corrected chi connectivity index (χ3v) is 3.64. The molecule has 0 spiro atoms. The molecule has 2 N–H and O–H groups in total. The fourth-order valence-electron chi connectivity index (χ4n) is 1.07. The minimum absolute atomic E-state index is 0.131. The van der Waals surface area contributed by atoms with Gasteiger partial charge in [-0.05, 0) is 26.7 Å². The summed E-state index contributed by atoms with van der Waals surface area (Å²) in [7, 11) is -2.40. The van der Waals surface area contributed by atoms with Crippen LogP contribution in [0.15, 0.2) is 12.2 Å². The molecule has 0 amide bonds. The van der Waals surface area contributed by atoms with Gasteiger partial charge < -0.3 is 10.5 Å². The van der Waals surface area contributed by atoms with Gasteiger partial charge in [-0.2, -0.15) is 8.42 Å². The van der Waals surface area contributed by atoms with Crippen molar-refractivity contribution < 1.29 is 22.1 Å². The van der Waals surface area contributed by atoms with E-state index in [1.807, 2.05) is 0 Å². The zero-order valence-electron chi connectivity index (χ0n) is 11.1. The van der Waals surface area contributed by atoms with Crippen LogP contribution in [0.3, 0.4) is 0 Å². The fraction of sp³-hybridized carbons (Fsp3) is 0.727. The van der Waals surface area contributed by atoms with E-state index in [1.165, 1.54) is 0 Å². The van der Waals surface area contributed by atoms with Crippen LogP contribution in [-0.2, 0) is 23.8 Å². The molecule has 0 saturated heterocycles. The van der Waals surface area contributed by atoms with Crippen molar-refractivity contribution in [3.63, 3.8) is 0 Å². The van der Waals surface area contributed by atoms with Gasteiger partial charge in [-0.15, -0.1) is 0 Å². The Morgan fingerprint density at radius 2 is 1.94 bits per heavy atom. The lowest BCUT2D eigenvalue weighted by molar-refractivity contribution is -0.139. The first-order chi connectivity index (χ1) is 8.09. The zero-order valence-corrected chi connectivity index (χ0v) is 11.9. The van der Waals surface area contributed by atoms with E-state index in [9.17, 15) is 13.2 Å². The van der Waals surface area contributed by atoms with E-state index in [4.69, 9.17) is 10.5 Å². The van der Waals surface area contributed by atoms with Gasteiger partial charge in [0.25, 0.3) is 10.1 Å². The van der Waals surface area contributed by atoms with Gasteiger partial charge in [0.2, 0.25) is 0 Å². The van der Waals surface area contributed by atoms with E-state index in [-0.39, 0.29) is 18.8 Å². The minimum atomic E-state index is -3.51. The van der Waals surface area contributed by atoms with Crippen LogP contribution < -0.4 is 5.73 Å². The molecule has 0 bridgehead atoms. The average molecular weight is 279 g/mol. The van der Waals surface area contributed by atoms with Gasteiger partial charge in [-0.1, -0.05) is 6.58 Å². The summed E-state index contributed by atoms with van der Waals surface area (Å²) in [4.78, 5) is 11.1. The molecular formula is C11H21NO5S. The van der Waals surface area contributed by atoms with E-state index >= 15 is 0 Å². The summed E-state index contributed by atoms with van der Waals surface area (Å²) in [5, 5.41) is 0. The summed E-state index contributed by atoms with van der Waals surface area (Å²) >= 11 is 0. The largest absolute Gasteiger partial charge is 0.462 e. The molecule has 0 fully saturated rings. The second-order valence-electron chi connectivity index (χ2n) is 4.50. The Morgan fingerprint density at radius 1 is 1.39 bits per heavy atom. The zero-order chi connectivity index (χ0) is 14.4. The topological polar surface area (TPSA) is 95.7 Å². The molecular weight excluding hydrogens is 258 g/mol. The van der Waals surface area contributed by atoms with Gasteiger partial charge in [0.05, 0.1) is 19.5 Å². The van der Waals surface area contributed by atoms with Crippen molar-refractivity contribution >= 4 is 16.1 Å². The minimum Gasteiger partial charge on any atom is -0.462 e. The highest BCUT2D eigenvalue weighted by Gasteiger charge is 2.22. The molecule has 0 saturated carbocycles. The molecule has 18 heavy (non-hydrogen) atoms. The molecule has 0 aliphatic carbocycles. The highest BCUT2D eigenvalue weighted by Crippen LogP contribution is 2.13. The summed E-state index contributed by atoms with van der Waals surface area (Å²) in [5.74, 6) is -0.638. The SMILES string of the molecule is C=C(C)C(=O)OCCC(C)(N)CCS(=O)(=O)OC. The molecule has 0 aliphatic heterocycles. The summed E-state index contributed by atoms with van der Waals surface area (Å²) in [5.41, 5.74) is 5.49. The van der Waals surface area contributed by atoms with Gasteiger partial charge in [-0.3, -0.25) is 4.18 Å². The molecule has 7 heteroatoms. The van der Waals surface area contributed by atoms with Crippen molar-refractivity contribution in [1.82, 2.24) is 0 Å². The van der Waals surface area contributed by atoms with Crippen LogP contribution in [0.2, 0.25) is 0 Å². The number of ether oxygens (including phenoxy) is 1. The first-order valence-corrected chi connectivity index (χ1v) is 7.07. The highest BCUT2D eigenvalue weighted by atomic mass is 32.2. The van der Waals surface area contributed by atoms with Crippen molar-refractivity contribution in [3.05, 3.63) is 12.2 Å². The van der Waals surface area contributed by atoms with Crippen LogP contribution in [0, 0.1) is 0 Å². The number of hydrogen-bond donors (Lipinski definition) is 1. The molecule has 0 radical (unpaired) electrons. The van der Waals surface area contributed by atoms with Crippen molar-refractivity contribution in [2.45, 2.75) is 32.2 Å². The maximum Gasteiger partial charge on any atom is 0.333 e. The Hall–Kier alpha value is -0.920. The number of nitrogens with two attached hydrogens (primary N) is 1. The maximum atomic E-state index is 11.1. The third-order valence-electron chi connectivity index (χ3n) is 2.43. The molecule has 0 aromatic rings. The van der Waals surface area contributed by atoms with Crippen molar-refractivity contribution in [3.8, 4) is 0 Å². The van der Waals surface area contributed by atoms with Gasteiger partial charge in [0.15, 0.2) is 0 Å². The van der Waals surface area contributed by atoms with E-state index in [0.717, 1.165) is 7.11 Å². The Balaban J connectivity index is 4.09. The highest BCUT2D eigenvalue weighted by molar-refractivity contribution is 7.86. The molecule has 6 nitrogen and oxygen atoms in total. The number of rotatable bonds is 8. The monoisotopic (exact) mass is 279 g/mol. The van der Waals surface area contributed by atoms with Crippen molar-refractivity contribution in [2.75, 3.05) is 19.5 Å². The quantitative estimate of drug-likeness (QED) is 0.396. The number of esters is 1. The second kappa shape index (κ2) is 6.86. The Labute approximate surface area is 108 Å². The summed E-state index contributed by atoms with van der Waals surface area (Å²) < 4.78 is 31.5. The van der Waals surface area contributed by atoms with Crippen LogP contribution in [-0.4, -0.2) is 39.4 Å².